The molecule has 3 aromatic rings. The second-order valence-corrected chi connectivity index (χ2v) is 11.3. The fraction of sp³-hybridized carbons (Fsp3) is 0.391. The summed E-state index contributed by atoms with van der Waals surface area (Å²) in [5.41, 5.74) is 3.34. The number of amides is 1. The van der Waals surface area contributed by atoms with Crippen LogP contribution < -0.4 is 4.31 Å². The summed E-state index contributed by atoms with van der Waals surface area (Å²) in [7, 11) is -3.30. The second-order valence-electron chi connectivity index (χ2n) is 8.37. The molecule has 2 aliphatic heterocycles. The number of fused-ring (bicyclic) bond motifs is 2. The lowest BCUT2D eigenvalue weighted by Gasteiger charge is -2.32. The quantitative estimate of drug-likeness (QED) is 0.598. The Morgan fingerprint density at radius 1 is 1.10 bits per heavy atom. The molecule has 0 N–H and O–H groups in total. The number of carbonyl (C=O) groups excluding carboxylic acids is 1. The average Bonchev–Trinajstić information content (AvgIpc) is 3.21. The molecule has 2 aliphatic rings. The zero-order valence-corrected chi connectivity index (χ0v) is 19.1. The van der Waals surface area contributed by atoms with Gasteiger partial charge >= 0.3 is 0 Å². The predicted molar refractivity (Wildman–Crippen MR) is 124 cm³/mol. The first-order valence-electron chi connectivity index (χ1n) is 10.7. The largest absolute Gasteiger partial charge is 0.339 e. The third-order valence-electron chi connectivity index (χ3n) is 6.24. The Bertz CT molecular complexity index is 1210. The molecule has 0 atom stereocenters. The highest BCUT2D eigenvalue weighted by Crippen LogP contribution is 2.35. The monoisotopic (exact) mass is 455 g/mol. The minimum Gasteiger partial charge on any atom is -0.339 e. The van der Waals surface area contributed by atoms with Gasteiger partial charge in [0, 0.05) is 31.1 Å². The molecule has 1 fully saturated rings. The van der Waals surface area contributed by atoms with E-state index in [1.807, 2.05) is 23.1 Å². The Balaban J connectivity index is 1.29. The van der Waals surface area contributed by atoms with Gasteiger partial charge in [-0.15, -0.1) is 11.3 Å². The number of anilines is 1. The first-order chi connectivity index (χ1) is 14.9. The summed E-state index contributed by atoms with van der Waals surface area (Å²) in [5, 5.41) is 1.17. The molecule has 1 saturated heterocycles. The molecule has 0 bridgehead atoms. The molecule has 0 radical (unpaired) electrons. The molecule has 0 aliphatic carbocycles. The Labute approximate surface area is 186 Å². The van der Waals surface area contributed by atoms with Gasteiger partial charge in [0.1, 0.15) is 0 Å². The number of hydrogen-bond donors (Lipinski definition) is 0. The lowest BCUT2D eigenvalue weighted by molar-refractivity contribution is 0.0713. The molecule has 8 heteroatoms. The highest BCUT2D eigenvalue weighted by atomic mass is 32.2. The van der Waals surface area contributed by atoms with Crippen molar-refractivity contribution in [3.05, 3.63) is 58.6 Å². The number of piperidine rings is 1. The lowest BCUT2D eigenvalue weighted by atomic mass is 9.96. The van der Waals surface area contributed by atoms with E-state index in [4.69, 9.17) is 4.98 Å². The molecule has 31 heavy (non-hydrogen) atoms. The van der Waals surface area contributed by atoms with Crippen LogP contribution in [0, 0.1) is 0 Å². The van der Waals surface area contributed by atoms with Gasteiger partial charge in [0.15, 0.2) is 0 Å². The van der Waals surface area contributed by atoms with Crippen LogP contribution in [0.2, 0.25) is 0 Å². The smallest absolute Gasteiger partial charge is 0.253 e. The van der Waals surface area contributed by atoms with Crippen molar-refractivity contribution in [2.75, 3.05) is 30.2 Å². The van der Waals surface area contributed by atoms with Gasteiger partial charge in [-0.3, -0.25) is 9.10 Å². The van der Waals surface area contributed by atoms with Gasteiger partial charge in [-0.1, -0.05) is 12.1 Å². The van der Waals surface area contributed by atoms with E-state index in [1.165, 1.54) is 20.3 Å². The minimum absolute atomic E-state index is 0.0297. The van der Waals surface area contributed by atoms with E-state index in [2.05, 4.69) is 12.1 Å². The molecule has 0 saturated carbocycles. The summed E-state index contributed by atoms with van der Waals surface area (Å²) in [5.74, 6) is 0.426. The summed E-state index contributed by atoms with van der Waals surface area (Å²) in [4.78, 5) is 19.8. The van der Waals surface area contributed by atoms with Gasteiger partial charge in [0.25, 0.3) is 5.91 Å². The number of sulfonamides is 1. The summed E-state index contributed by atoms with van der Waals surface area (Å²) in [6.07, 6.45) is 4.63. The van der Waals surface area contributed by atoms with Crippen molar-refractivity contribution in [3.8, 4) is 0 Å². The number of carbonyl (C=O) groups is 1. The molecular formula is C23H25N3O3S2. The van der Waals surface area contributed by atoms with Crippen molar-refractivity contribution in [2.45, 2.75) is 31.6 Å². The summed E-state index contributed by atoms with van der Waals surface area (Å²) < 4.78 is 26.8. The van der Waals surface area contributed by atoms with E-state index in [1.54, 1.807) is 23.5 Å². The van der Waals surface area contributed by atoms with Crippen LogP contribution in [-0.2, 0) is 16.4 Å². The van der Waals surface area contributed by atoms with E-state index in [-0.39, 0.29) is 5.91 Å². The predicted octanol–water partition coefficient (Wildman–Crippen LogP) is 4.03. The van der Waals surface area contributed by atoms with Gasteiger partial charge in [-0.2, -0.15) is 0 Å². The Hall–Kier alpha value is -2.45. The second kappa shape index (κ2) is 7.91. The third kappa shape index (κ3) is 3.94. The Morgan fingerprint density at radius 3 is 2.61 bits per heavy atom. The van der Waals surface area contributed by atoms with Crippen molar-refractivity contribution in [2.24, 2.45) is 0 Å². The van der Waals surface area contributed by atoms with E-state index in [9.17, 15) is 13.2 Å². The maximum Gasteiger partial charge on any atom is 0.253 e. The maximum atomic E-state index is 13.1. The molecule has 0 unspecified atom stereocenters. The molecule has 162 valence electrons. The van der Waals surface area contributed by atoms with Crippen molar-refractivity contribution in [1.29, 1.82) is 0 Å². The minimum atomic E-state index is -3.30. The zero-order valence-electron chi connectivity index (χ0n) is 17.5. The molecule has 1 aromatic heterocycles. The van der Waals surface area contributed by atoms with Crippen LogP contribution in [-0.4, -0.2) is 50.1 Å². The summed E-state index contributed by atoms with van der Waals surface area (Å²) >= 11 is 1.76. The van der Waals surface area contributed by atoms with E-state index in [0.717, 1.165) is 36.8 Å². The van der Waals surface area contributed by atoms with Crippen molar-refractivity contribution in [1.82, 2.24) is 9.88 Å². The van der Waals surface area contributed by atoms with Crippen LogP contribution in [0.3, 0.4) is 0 Å². The van der Waals surface area contributed by atoms with Gasteiger partial charge < -0.3 is 4.90 Å². The molecule has 0 spiro atoms. The lowest BCUT2D eigenvalue weighted by Crippen LogP contribution is -2.38. The zero-order chi connectivity index (χ0) is 21.6. The van der Waals surface area contributed by atoms with Crippen LogP contribution >= 0.6 is 11.3 Å². The van der Waals surface area contributed by atoms with E-state index >= 15 is 0 Å². The van der Waals surface area contributed by atoms with Gasteiger partial charge in [-0.05, 0) is 61.6 Å². The SMILES string of the molecule is CS(=O)(=O)N1CCCc2cc(C(=O)N3CCC(c4nc5ccccc5s4)CC3)ccc21. The first kappa shape index (κ1) is 20.5. The first-order valence-corrected chi connectivity index (χ1v) is 13.3. The molecule has 3 heterocycles. The van der Waals surface area contributed by atoms with Crippen LogP contribution in [0.15, 0.2) is 42.5 Å². The Morgan fingerprint density at radius 2 is 1.87 bits per heavy atom. The van der Waals surface area contributed by atoms with Gasteiger partial charge in [-0.25, -0.2) is 13.4 Å². The van der Waals surface area contributed by atoms with Crippen LogP contribution in [0.5, 0.6) is 0 Å². The molecular weight excluding hydrogens is 430 g/mol. The molecule has 1 amide bonds. The number of benzene rings is 2. The molecule has 5 rings (SSSR count). The highest BCUT2D eigenvalue weighted by Gasteiger charge is 2.28. The van der Waals surface area contributed by atoms with Gasteiger partial charge in [0.2, 0.25) is 10.0 Å². The highest BCUT2D eigenvalue weighted by molar-refractivity contribution is 7.92. The number of thiazole rings is 1. The number of likely N-dealkylation sites (tertiary alicyclic amines) is 1. The van der Waals surface area contributed by atoms with Crippen LogP contribution in [0.4, 0.5) is 5.69 Å². The standard InChI is InChI=1S/C23H25N3O3S2/c1-31(28,29)26-12-4-5-17-15-18(8-9-20(17)26)23(27)25-13-10-16(11-14-25)22-24-19-6-2-3-7-21(19)30-22/h2-3,6-9,15-16H,4-5,10-14H2,1H3. The number of aryl methyl sites for hydroxylation is 1. The normalized spacial score (nSPS) is 17.7. The Kier molecular flexibility index (Phi) is 5.22. The fourth-order valence-electron chi connectivity index (χ4n) is 4.62. The maximum absolute atomic E-state index is 13.1. The summed E-state index contributed by atoms with van der Waals surface area (Å²) in [6, 6.07) is 13.7. The fourth-order valence-corrected chi connectivity index (χ4v) is 6.75. The van der Waals surface area contributed by atoms with Crippen LogP contribution in [0.25, 0.3) is 10.2 Å². The molecule has 6 nitrogen and oxygen atoms in total. The average molecular weight is 456 g/mol. The van der Waals surface area contributed by atoms with Crippen molar-refractivity contribution in [3.63, 3.8) is 0 Å². The van der Waals surface area contributed by atoms with E-state index < -0.39 is 10.0 Å². The van der Waals surface area contributed by atoms with E-state index in [0.29, 0.717) is 36.8 Å². The molecule has 2 aromatic carbocycles. The van der Waals surface area contributed by atoms with Crippen LogP contribution in [0.1, 0.15) is 46.1 Å². The van der Waals surface area contributed by atoms with Gasteiger partial charge in [0.05, 0.1) is 27.2 Å². The summed E-state index contributed by atoms with van der Waals surface area (Å²) in [6.45, 7) is 1.93. The number of para-hydroxylation sites is 1. The van der Waals surface area contributed by atoms with Crippen molar-refractivity contribution >= 4 is 43.2 Å². The number of hydrogen-bond acceptors (Lipinski definition) is 5. The number of nitrogens with zero attached hydrogens (tertiary/aromatic N) is 3. The van der Waals surface area contributed by atoms with Crippen molar-refractivity contribution < 1.29 is 13.2 Å². The topological polar surface area (TPSA) is 70.6 Å². The number of rotatable bonds is 3. The number of aromatic nitrogens is 1. The third-order valence-corrected chi connectivity index (χ3v) is 8.62.